The fourth-order valence-electron chi connectivity index (χ4n) is 1.58. The number of fused-ring (bicyclic) bond motifs is 1. The number of hydrogen-bond donors (Lipinski definition) is 1. The molecule has 1 aliphatic rings. The summed E-state index contributed by atoms with van der Waals surface area (Å²) in [5.41, 5.74) is 2.41. The van der Waals surface area contributed by atoms with E-state index in [4.69, 9.17) is 4.74 Å². The van der Waals surface area contributed by atoms with Crippen LogP contribution < -0.4 is 4.74 Å². The minimum atomic E-state index is 0.595. The fourth-order valence-corrected chi connectivity index (χ4v) is 1.58. The van der Waals surface area contributed by atoms with E-state index in [0.29, 0.717) is 5.92 Å². The summed E-state index contributed by atoms with van der Waals surface area (Å²) in [7, 11) is 0. The monoisotopic (exact) mass is 212 g/mol. The van der Waals surface area contributed by atoms with Gasteiger partial charge in [0.15, 0.2) is 0 Å². The lowest BCUT2D eigenvalue weighted by atomic mass is 9.97. The van der Waals surface area contributed by atoms with Crippen molar-refractivity contribution in [3.8, 4) is 5.88 Å². The van der Waals surface area contributed by atoms with E-state index in [1.807, 2.05) is 34.6 Å². The number of aromatic nitrogens is 2. The van der Waals surface area contributed by atoms with E-state index < -0.39 is 0 Å². The molecule has 0 aliphatic carbocycles. The molecule has 0 saturated carbocycles. The number of aryl methyl sites for hydroxylation is 1. The van der Waals surface area contributed by atoms with E-state index in [-0.39, 0.29) is 0 Å². The third kappa shape index (κ3) is 3.26. The van der Waals surface area contributed by atoms with Gasteiger partial charge >= 0.3 is 0 Å². The lowest BCUT2D eigenvalue weighted by molar-refractivity contribution is 0.262. The van der Waals surface area contributed by atoms with Crippen molar-refractivity contribution >= 4 is 0 Å². The second-order valence-electron chi connectivity index (χ2n) is 3.11. The van der Waals surface area contributed by atoms with Crippen molar-refractivity contribution in [2.24, 2.45) is 0 Å². The van der Waals surface area contributed by atoms with Gasteiger partial charge in [-0.15, -0.1) is 5.10 Å². The molecule has 1 atom stereocenters. The maximum Gasteiger partial charge on any atom is 0.236 e. The standard InChI is InChI=1S/C8H12N2O.2C2H6/c1-5-3-4-11-8-7(5)6(2)9-10-8;2*1-2/h5H,3-4H2,1-2H3,(H,9,10);2*1-2H3. The zero-order chi connectivity index (χ0) is 11.8. The second kappa shape index (κ2) is 7.32. The average Bonchev–Trinajstić information content (AvgIpc) is 2.68. The van der Waals surface area contributed by atoms with Gasteiger partial charge in [0.05, 0.1) is 6.61 Å². The molecule has 0 aromatic carbocycles. The molecule has 0 amide bonds. The predicted octanol–water partition coefficient (Wildman–Crippen LogP) is 3.66. The Morgan fingerprint density at radius 1 is 1.27 bits per heavy atom. The second-order valence-corrected chi connectivity index (χ2v) is 3.11. The van der Waals surface area contributed by atoms with Crippen LogP contribution in [0.1, 0.15) is 58.2 Å². The number of ether oxygens (including phenoxy) is 1. The van der Waals surface area contributed by atoms with Crippen molar-refractivity contribution in [3.05, 3.63) is 11.3 Å². The van der Waals surface area contributed by atoms with Crippen molar-refractivity contribution in [1.29, 1.82) is 0 Å². The Hall–Kier alpha value is -0.990. The minimum absolute atomic E-state index is 0.595. The van der Waals surface area contributed by atoms with Gasteiger partial charge < -0.3 is 4.74 Å². The van der Waals surface area contributed by atoms with Gasteiger partial charge in [-0.2, -0.15) is 0 Å². The van der Waals surface area contributed by atoms with Gasteiger partial charge in [0.25, 0.3) is 0 Å². The highest BCUT2D eigenvalue weighted by Gasteiger charge is 2.22. The average molecular weight is 212 g/mol. The lowest BCUT2D eigenvalue weighted by Gasteiger charge is -2.18. The molecule has 1 unspecified atom stereocenters. The molecule has 88 valence electrons. The minimum Gasteiger partial charge on any atom is -0.476 e. The molecule has 1 aromatic rings. The molecule has 0 radical (unpaired) electrons. The van der Waals surface area contributed by atoms with E-state index in [1.165, 1.54) is 5.56 Å². The molecule has 3 nitrogen and oxygen atoms in total. The molecule has 0 bridgehead atoms. The van der Waals surface area contributed by atoms with Gasteiger partial charge in [-0.1, -0.05) is 34.6 Å². The molecule has 3 heteroatoms. The van der Waals surface area contributed by atoms with Crippen LogP contribution in [0, 0.1) is 6.92 Å². The molecular formula is C12H24N2O. The SMILES string of the molecule is CC.CC.Cc1[nH]nc2c1C(C)CCO2. The quantitative estimate of drug-likeness (QED) is 0.712. The molecule has 0 spiro atoms. The van der Waals surface area contributed by atoms with E-state index in [9.17, 15) is 0 Å². The van der Waals surface area contributed by atoms with Crippen molar-refractivity contribution in [2.45, 2.75) is 53.9 Å². The van der Waals surface area contributed by atoms with Crippen LogP contribution in [-0.4, -0.2) is 16.8 Å². The fraction of sp³-hybridized carbons (Fsp3) is 0.750. The normalized spacial score (nSPS) is 17.3. The molecule has 1 aliphatic heterocycles. The van der Waals surface area contributed by atoms with E-state index in [1.54, 1.807) is 0 Å². The molecule has 2 heterocycles. The molecule has 15 heavy (non-hydrogen) atoms. The number of nitrogens with zero attached hydrogens (tertiary/aromatic N) is 1. The smallest absolute Gasteiger partial charge is 0.236 e. The third-order valence-corrected chi connectivity index (χ3v) is 2.24. The van der Waals surface area contributed by atoms with Gasteiger partial charge in [-0.25, -0.2) is 0 Å². The summed E-state index contributed by atoms with van der Waals surface area (Å²) in [5, 5.41) is 6.99. The molecule has 2 rings (SSSR count). The number of rotatable bonds is 0. The first-order valence-electron chi connectivity index (χ1n) is 5.96. The zero-order valence-corrected chi connectivity index (χ0v) is 10.8. The number of nitrogens with one attached hydrogen (secondary N) is 1. The Morgan fingerprint density at radius 3 is 2.40 bits per heavy atom. The topological polar surface area (TPSA) is 37.9 Å². The Kier molecular flexibility index (Phi) is 6.84. The highest BCUT2D eigenvalue weighted by atomic mass is 16.5. The van der Waals surface area contributed by atoms with Gasteiger partial charge in [0.2, 0.25) is 5.88 Å². The summed E-state index contributed by atoms with van der Waals surface area (Å²) < 4.78 is 5.37. The van der Waals surface area contributed by atoms with Crippen LogP contribution in [0.25, 0.3) is 0 Å². The predicted molar refractivity (Wildman–Crippen MR) is 64.5 cm³/mol. The number of hydrogen-bond acceptors (Lipinski definition) is 2. The maximum absolute atomic E-state index is 5.37. The molecule has 1 N–H and O–H groups in total. The first-order valence-corrected chi connectivity index (χ1v) is 5.96. The van der Waals surface area contributed by atoms with E-state index in [0.717, 1.165) is 24.6 Å². The highest BCUT2D eigenvalue weighted by Crippen LogP contribution is 2.33. The van der Waals surface area contributed by atoms with Gasteiger partial charge in [0.1, 0.15) is 0 Å². The Labute approximate surface area is 93.2 Å². The van der Waals surface area contributed by atoms with Crippen LogP contribution >= 0.6 is 0 Å². The van der Waals surface area contributed by atoms with Crippen LogP contribution in [0.3, 0.4) is 0 Å². The molecule has 0 fully saturated rings. The van der Waals surface area contributed by atoms with E-state index in [2.05, 4.69) is 17.1 Å². The zero-order valence-electron chi connectivity index (χ0n) is 10.8. The summed E-state index contributed by atoms with van der Waals surface area (Å²) >= 11 is 0. The Bertz CT molecular complexity index is 269. The molecule has 1 aromatic heterocycles. The number of H-pyrrole nitrogens is 1. The largest absolute Gasteiger partial charge is 0.476 e. The summed E-state index contributed by atoms with van der Waals surface area (Å²) in [6, 6.07) is 0. The molecule has 0 saturated heterocycles. The summed E-state index contributed by atoms with van der Waals surface area (Å²) in [6.45, 7) is 13.1. The number of aromatic amines is 1. The Morgan fingerprint density at radius 2 is 1.87 bits per heavy atom. The highest BCUT2D eigenvalue weighted by molar-refractivity contribution is 5.34. The summed E-state index contributed by atoms with van der Waals surface area (Å²) in [5.74, 6) is 1.40. The molecular weight excluding hydrogens is 188 g/mol. The third-order valence-electron chi connectivity index (χ3n) is 2.24. The van der Waals surface area contributed by atoms with Crippen LogP contribution in [-0.2, 0) is 0 Å². The van der Waals surface area contributed by atoms with Crippen molar-refractivity contribution in [1.82, 2.24) is 10.2 Å². The van der Waals surface area contributed by atoms with Crippen LogP contribution in [0.2, 0.25) is 0 Å². The summed E-state index contributed by atoms with van der Waals surface area (Å²) in [6.07, 6.45) is 1.10. The van der Waals surface area contributed by atoms with Gasteiger partial charge in [0, 0.05) is 11.3 Å². The van der Waals surface area contributed by atoms with Crippen molar-refractivity contribution in [3.63, 3.8) is 0 Å². The Balaban J connectivity index is 0.000000442. The van der Waals surface area contributed by atoms with E-state index >= 15 is 0 Å². The van der Waals surface area contributed by atoms with Crippen LogP contribution in [0.5, 0.6) is 5.88 Å². The van der Waals surface area contributed by atoms with Crippen LogP contribution in [0.4, 0.5) is 0 Å². The van der Waals surface area contributed by atoms with Crippen molar-refractivity contribution in [2.75, 3.05) is 6.61 Å². The maximum atomic E-state index is 5.37. The van der Waals surface area contributed by atoms with Crippen LogP contribution in [0.15, 0.2) is 0 Å². The van der Waals surface area contributed by atoms with Gasteiger partial charge in [-0.05, 0) is 19.3 Å². The first kappa shape index (κ1) is 14.0. The lowest BCUT2D eigenvalue weighted by Crippen LogP contribution is -2.11. The first-order chi connectivity index (χ1) is 7.29. The van der Waals surface area contributed by atoms with Gasteiger partial charge in [-0.3, -0.25) is 5.10 Å². The van der Waals surface area contributed by atoms with Crippen molar-refractivity contribution < 1.29 is 4.74 Å². The summed E-state index contributed by atoms with van der Waals surface area (Å²) in [4.78, 5) is 0.